The third kappa shape index (κ3) is 4.37. The van der Waals surface area contributed by atoms with Crippen molar-refractivity contribution in [3.05, 3.63) is 95.6 Å². The van der Waals surface area contributed by atoms with Gasteiger partial charge in [0.1, 0.15) is 17.1 Å². The summed E-state index contributed by atoms with van der Waals surface area (Å²) in [5, 5.41) is 29.9. The highest BCUT2D eigenvalue weighted by atomic mass is 19.4. The molecule has 5 aromatic rings. The van der Waals surface area contributed by atoms with Crippen molar-refractivity contribution in [2.45, 2.75) is 20.0 Å². The van der Waals surface area contributed by atoms with Gasteiger partial charge in [0.15, 0.2) is 0 Å². The van der Waals surface area contributed by atoms with E-state index in [1.165, 1.54) is 27.4 Å². The Hall–Kier alpha value is -4.73. The maximum absolute atomic E-state index is 13.4. The van der Waals surface area contributed by atoms with E-state index in [9.17, 15) is 28.2 Å². The third-order valence-electron chi connectivity index (χ3n) is 6.07. The number of aromatic hydroxyl groups is 2. The fraction of sp³-hybridized carbons (Fsp3) is 0.111. The molecule has 5 rings (SSSR count). The van der Waals surface area contributed by atoms with Crippen molar-refractivity contribution in [1.29, 1.82) is 0 Å². The topological polar surface area (TPSA) is 92.3 Å². The Morgan fingerprint density at radius 1 is 0.946 bits per heavy atom. The molecule has 0 amide bonds. The summed E-state index contributed by atoms with van der Waals surface area (Å²) in [6, 6.07) is 14.5. The van der Waals surface area contributed by atoms with Gasteiger partial charge in [0.2, 0.25) is 0 Å². The van der Waals surface area contributed by atoms with Gasteiger partial charge in [-0.1, -0.05) is 30.3 Å². The van der Waals surface area contributed by atoms with Gasteiger partial charge in [0, 0.05) is 24.5 Å². The molecule has 2 heterocycles. The fourth-order valence-corrected chi connectivity index (χ4v) is 4.29. The van der Waals surface area contributed by atoms with Gasteiger partial charge in [0.05, 0.1) is 34.0 Å². The molecule has 3 aromatic carbocycles. The molecule has 0 fully saturated rings. The molecule has 2 aromatic heterocycles. The molecule has 0 saturated carbocycles. The molecule has 0 aliphatic heterocycles. The van der Waals surface area contributed by atoms with Crippen LogP contribution in [0, 0.1) is 13.8 Å². The standard InChI is InChI=1S/C27H21F3N4O3/c1-15-25(16(2)34(32-15)20-9-5-8-19(10-20)27(28,29)30)31-22-11-21(35)12-23(36)24(22)26(37)33-13-17-6-3-4-7-18(17)14-33/h3-14,31,35-36H,1-2H3. The molecular formula is C27H21F3N4O3. The zero-order chi connectivity index (χ0) is 26.5. The van der Waals surface area contributed by atoms with Gasteiger partial charge < -0.3 is 15.5 Å². The molecule has 0 atom stereocenters. The van der Waals surface area contributed by atoms with Gasteiger partial charge in [-0.05, 0) is 42.8 Å². The first-order valence-electron chi connectivity index (χ1n) is 11.2. The minimum absolute atomic E-state index is 0.0938. The maximum Gasteiger partial charge on any atom is 0.416 e. The minimum atomic E-state index is -4.51. The molecule has 3 N–H and O–H groups in total. The van der Waals surface area contributed by atoms with E-state index in [2.05, 4.69) is 10.4 Å². The van der Waals surface area contributed by atoms with Gasteiger partial charge >= 0.3 is 6.18 Å². The van der Waals surface area contributed by atoms with Crippen molar-refractivity contribution < 1.29 is 28.2 Å². The Morgan fingerprint density at radius 3 is 2.27 bits per heavy atom. The van der Waals surface area contributed by atoms with E-state index in [0.717, 1.165) is 29.0 Å². The lowest BCUT2D eigenvalue weighted by Crippen LogP contribution is -2.12. The van der Waals surface area contributed by atoms with Crippen LogP contribution in [-0.2, 0) is 6.18 Å². The molecule has 0 saturated heterocycles. The number of nitrogens with zero attached hydrogens (tertiary/aromatic N) is 3. The van der Waals surface area contributed by atoms with Crippen molar-refractivity contribution >= 4 is 28.1 Å². The van der Waals surface area contributed by atoms with Crippen LogP contribution in [0.25, 0.3) is 16.5 Å². The Bertz CT molecular complexity index is 1630. The summed E-state index contributed by atoms with van der Waals surface area (Å²) in [4.78, 5) is 13.4. The van der Waals surface area contributed by atoms with E-state index >= 15 is 0 Å². The number of fused-ring (bicyclic) bond motifs is 1. The highest BCUT2D eigenvalue weighted by Gasteiger charge is 2.31. The monoisotopic (exact) mass is 506 g/mol. The van der Waals surface area contributed by atoms with Crippen LogP contribution in [-0.4, -0.2) is 30.5 Å². The molecule has 0 aliphatic carbocycles. The van der Waals surface area contributed by atoms with Crippen LogP contribution in [0.1, 0.15) is 27.3 Å². The highest BCUT2D eigenvalue weighted by molar-refractivity contribution is 6.06. The molecule has 0 bridgehead atoms. The van der Waals surface area contributed by atoms with Crippen molar-refractivity contribution in [2.24, 2.45) is 0 Å². The number of anilines is 2. The van der Waals surface area contributed by atoms with Crippen LogP contribution in [0.3, 0.4) is 0 Å². The average molecular weight is 506 g/mol. The number of benzene rings is 3. The number of carbonyl (C=O) groups excluding carboxylic acids is 1. The highest BCUT2D eigenvalue weighted by Crippen LogP contribution is 2.37. The summed E-state index contributed by atoms with van der Waals surface area (Å²) >= 11 is 0. The number of carbonyl (C=O) groups is 1. The van der Waals surface area contributed by atoms with Crippen molar-refractivity contribution in [2.75, 3.05) is 5.32 Å². The molecular weight excluding hydrogens is 485 g/mol. The fourth-order valence-electron chi connectivity index (χ4n) is 4.29. The number of nitrogens with one attached hydrogen (secondary N) is 1. The van der Waals surface area contributed by atoms with Crippen LogP contribution < -0.4 is 5.32 Å². The Labute approximate surface area is 209 Å². The molecule has 7 nitrogen and oxygen atoms in total. The maximum atomic E-state index is 13.4. The van der Waals surface area contributed by atoms with Gasteiger partial charge in [-0.15, -0.1) is 0 Å². The normalized spacial score (nSPS) is 11.7. The second-order valence-corrected chi connectivity index (χ2v) is 8.62. The zero-order valence-corrected chi connectivity index (χ0v) is 19.7. The van der Waals surface area contributed by atoms with Crippen molar-refractivity contribution in [3.8, 4) is 17.2 Å². The average Bonchev–Trinajstić information content (AvgIpc) is 3.40. The Morgan fingerprint density at radius 2 is 1.62 bits per heavy atom. The summed E-state index contributed by atoms with van der Waals surface area (Å²) < 4.78 is 42.4. The van der Waals surface area contributed by atoms with Gasteiger partial charge in [0.25, 0.3) is 5.91 Å². The van der Waals surface area contributed by atoms with Gasteiger partial charge in [-0.2, -0.15) is 18.3 Å². The van der Waals surface area contributed by atoms with Crippen LogP contribution in [0.2, 0.25) is 0 Å². The SMILES string of the molecule is Cc1nn(-c2cccc(C(F)(F)F)c2)c(C)c1Nc1cc(O)cc(O)c1C(=O)n1cc2ccccc2c1. The molecule has 37 heavy (non-hydrogen) atoms. The smallest absolute Gasteiger partial charge is 0.416 e. The first kappa shape index (κ1) is 24.0. The lowest BCUT2D eigenvalue weighted by Gasteiger charge is -2.15. The van der Waals surface area contributed by atoms with Crippen LogP contribution in [0.15, 0.2) is 73.1 Å². The molecule has 188 valence electrons. The molecule has 0 aliphatic rings. The number of rotatable bonds is 4. The van der Waals surface area contributed by atoms with E-state index in [4.69, 9.17) is 0 Å². The van der Waals surface area contributed by atoms with Crippen molar-refractivity contribution in [3.63, 3.8) is 0 Å². The lowest BCUT2D eigenvalue weighted by molar-refractivity contribution is -0.137. The van der Waals surface area contributed by atoms with E-state index in [1.54, 1.807) is 26.2 Å². The predicted molar refractivity (Wildman–Crippen MR) is 133 cm³/mol. The van der Waals surface area contributed by atoms with Crippen molar-refractivity contribution in [1.82, 2.24) is 14.3 Å². The summed E-state index contributed by atoms with van der Waals surface area (Å²) in [6.45, 7) is 3.31. The second kappa shape index (κ2) is 8.74. The third-order valence-corrected chi connectivity index (χ3v) is 6.07. The van der Waals surface area contributed by atoms with Crippen LogP contribution >= 0.6 is 0 Å². The van der Waals surface area contributed by atoms with Gasteiger partial charge in [-0.3, -0.25) is 9.36 Å². The van der Waals surface area contributed by atoms with E-state index in [1.807, 2.05) is 24.3 Å². The number of halogens is 3. The van der Waals surface area contributed by atoms with E-state index < -0.39 is 23.4 Å². The van der Waals surface area contributed by atoms with E-state index in [0.29, 0.717) is 17.1 Å². The number of aryl methyl sites for hydroxylation is 1. The number of hydrogen-bond donors (Lipinski definition) is 3. The first-order chi connectivity index (χ1) is 17.5. The molecule has 0 spiro atoms. The first-order valence-corrected chi connectivity index (χ1v) is 11.2. The number of phenols is 2. The summed E-state index contributed by atoms with van der Waals surface area (Å²) in [6.07, 6.45) is -1.24. The summed E-state index contributed by atoms with van der Waals surface area (Å²) in [5.74, 6) is -1.27. The Kier molecular flexibility index (Phi) is 5.66. The number of hydrogen-bond acceptors (Lipinski definition) is 5. The van der Waals surface area contributed by atoms with Crippen LogP contribution in [0.5, 0.6) is 11.5 Å². The molecule has 0 radical (unpaired) electrons. The number of phenolic OH excluding ortho intramolecular Hbond substituents is 2. The summed E-state index contributed by atoms with van der Waals surface area (Å²) in [5.41, 5.74) is 0.718. The lowest BCUT2D eigenvalue weighted by atomic mass is 10.1. The molecule has 0 unspecified atom stereocenters. The van der Waals surface area contributed by atoms with Gasteiger partial charge in [-0.25, -0.2) is 4.68 Å². The quantitative estimate of drug-likeness (QED) is 0.266. The minimum Gasteiger partial charge on any atom is -0.508 e. The zero-order valence-electron chi connectivity index (χ0n) is 19.7. The predicted octanol–water partition coefficient (Wildman–Crippen LogP) is 6.31. The molecule has 10 heteroatoms. The van der Waals surface area contributed by atoms with E-state index in [-0.39, 0.29) is 22.7 Å². The van der Waals surface area contributed by atoms with Crippen LogP contribution in [0.4, 0.5) is 24.5 Å². The number of alkyl halides is 3. The largest absolute Gasteiger partial charge is 0.508 e. The Balaban J connectivity index is 1.57. The number of aromatic nitrogens is 3. The second-order valence-electron chi connectivity index (χ2n) is 8.62. The summed E-state index contributed by atoms with van der Waals surface area (Å²) in [7, 11) is 0.